The highest BCUT2D eigenvalue weighted by molar-refractivity contribution is 7.91. The number of rotatable bonds is 20. The van der Waals surface area contributed by atoms with Crippen LogP contribution in [0.3, 0.4) is 0 Å². The minimum absolute atomic E-state index is 0.0453. The van der Waals surface area contributed by atoms with Crippen LogP contribution in [0.15, 0.2) is 192 Å². The van der Waals surface area contributed by atoms with E-state index in [1.54, 1.807) is 72.8 Å². The van der Waals surface area contributed by atoms with Crippen molar-refractivity contribution < 1.29 is 75.9 Å². The van der Waals surface area contributed by atoms with Gasteiger partial charge in [0.25, 0.3) is 47.3 Å². The van der Waals surface area contributed by atoms with Crippen molar-refractivity contribution in [3.05, 3.63) is 238 Å². The molecule has 0 fully saturated rings. The lowest BCUT2D eigenvalue weighted by atomic mass is 9.78. The fourth-order valence-electron chi connectivity index (χ4n) is 12.7. The maximum atomic E-state index is 14.6. The molecule has 0 spiro atoms. The van der Waals surface area contributed by atoms with Crippen LogP contribution in [0, 0.1) is 0 Å². The van der Waals surface area contributed by atoms with Gasteiger partial charge in [-0.2, -0.15) is 0 Å². The Kier molecular flexibility index (Phi) is 16.2. The van der Waals surface area contributed by atoms with Crippen LogP contribution in [0.1, 0.15) is 175 Å². The zero-order chi connectivity index (χ0) is 69.6. The summed E-state index contributed by atoms with van der Waals surface area (Å²) >= 11 is 0. The molecule has 13 rings (SSSR count). The third-order valence-corrected chi connectivity index (χ3v) is 21.0. The van der Waals surface area contributed by atoms with Crippen LogP contribution in [-0.4, -0.2) is 87.3 Å². The number of anilines is 2. The zero-order valence-electron chi connectivity index (χ0n) is 54.4. The van der Waals surface area contributed by atoms with Crippen LogP contribution < -0.4 is 28.7 Å². The summed E-state index contributed by atoms with van der Waals surface area (Å²) in [4.78, 5) is 115. The van der Waals surface area contributed by atoms with Crippen molar-refractivity contribution in [3.63, 3.8) is 0 Å². The molecule has 98 heavy (non-hydrogen) atoms. The maximum absolute atomic E-state index is 14.6. The normalized spacial score (nSPS) is 15.5. The minimum Gasteiger partial charge on any atom is -0.508 e. The van der Waals surface area contributed by atoms with Gasteiger partial charge < -0.3 is 29.2 Å². The molecule has 20 nitrogen and oxygen atoms in total. The van der Waals surface area contributed by atoms with Crippen molar-refractivity contribution in [2.24, 2.45) is 0 Å². The van der Waals surface area contributed by atoms with E-state index in [9.17, 15) is 57.0 Å². The first-order valence-electron chi connectivity index (χ1n) is 31.8. The minimum atomic E-state index is -4.31. The molecule has 8 amide bonds. The molecule has 0 saturated heterocycles. The van der Waals surface area contributed by atoms with Crippen molar-refractivity contribution in [1.29, 1.82) is 0 Å². The molecule has 9 aromatic rings. The summed E-state index contributed by atoms with van der Waals surface area (Å²) in [6.45, 7) is 15.0. The summed E-state index contributed by atoms with van der Waals surface area (Å²) in [6, 6.07) is 45.3. The number of nitrogens with zero attached hydrogens (tertiary/aromatic N) is 4. The molecule has 0 bridgehead atoms. The van der Waals surface area contributed by atoms with Gasteiger partial charge in [0.2, 0.25) is 9.84 Å². The molecule has 0 aliphatic carbocycles. The van der Waals surface area contributed by atoms with Gasteiger partial charge in [0.1, 0.15) is 57.5 Å². The molecule has 4 aliphatic rings. The summed E-state index contributed by atoms with van der Waals surface area (Å²) in [5.74, 6) is -3.44. The molecule has 494 valence electrons. The number of hydrogen-bond acceptors (Lipinski definition) is 16. The van der Waals surface area contributed by atoms with E-state index in [-0.39, 0.29) is 106 Å². The Labute approximate surface area is 563 Å². The van der Waals surface area contributed by atoms with E-state index in [1.807, 2.05) is 73.6 Å². The molecule has 0 saturated carbocycles. The topological polar surface area (TPSA) is 261 Å². The van der Waals surface area contributed by atoms with E-state index < -0.39 is 73.8 Å². The average Bonchev–Trinajstić information content (AvgIpc) is 1.59. The highest BCUT2D eigenvalue weighted by Gasteiger charge is 2.49. The van der Waals surface area contributed by atoms with E-state index in [2.05, 4.69) is 0 Å². The monoisotopic (exact) mass is 1330 g/mol. The highest BCUT2D eigenvalue weighted by atomic mass is 32.2. The fraction of sp³-hybridized carbons (Fsp3) is 0.195. The number of sulfone groups is 1. The standard InChI is InChI=1S/C77H64N4O16S/c1-9-42(4)78-68(84)56-27-21-50(36-60(56)71(78)87)96-51-22-28-57-61(37-51)72(88)79(69(57)85)45-16-13-18-47(34-45)95-49-20-14-19-48(35-49)94-46-17-12-15-44(33-46)43(5)77(8,11-3)81-74(90)59-30-24-53(39-63(59)75(81)91)97-52-23-29-58-62(38-52)73(89)80(70(58)86)65-41-55(26-32-67(65)83)98(92,93)54-25-31-66(82)64(40-54)76(6,7)10-2/h12-43,82-83H,9-11H2,1-8H3. The predicted octanol–water partition coefficient (Wildman–Crippen LogP) is 15.4. The summed E-state index contributed by atoms with van der Waals surface area (Å²) in [7, 11) is -4.31. The number of benzene rings is 9. The van der Waals surface area contributed by atoms with Crippen LogP contribution in [-0.2, 0) is 15.3 Å². The molecule has 3 unspecified atom stereocenters. The molecular formula is C77H64N4O16S. The lowest BCUT2D eigenvalue weighted by Crippen LogP contribution is -2.52. The number of hydrogen-bond donors (Lipinski definition) is 2. The third-order valence-electron chi connectivity index (χ3n) is 19.2. The van der Waals surface area contributed by atoms with Crippen molar-refractivity contribution in [1.82, 2.24) is 9.80 Å². The third kappa shape index (κ3) is 11.0. The average molecular weight is 1330 g/mol. The number of carbonyl (C=O) groups is 8. The van der Waals surface area contributed by atoms with Crippen molar-refractivity contribution in [2.45, 2.75) is 107 Å². The van der Waals surface area contributed by atoms with Gasteiger partial charge in [-0.1, -0.05) is 65.8 Å². The number of phenols is 2. The van der Waals surface area contributed by atoms with E-state index in [4.69, 9.17) is 18.9 Å². The lowest BCUT2D eigenvalue weighted by Gasteiger charge is -2.42. The Bertz CT molecular complexity index is 5080. The van der Waals surface area contributed by atoms with E-state index >= 15 is 0 Å². The van der Waals surface area contributed by atoms with E-state index in [1.165, 1.54) is 82.6 Å². The summed E-state index contributed by atoms with van der Waals surface area (Å²) in [6.07, 6.45) is 1.55. The van der Waals surface area contributed by atoms with Crippen LogP contribution >= 0.6 is 0 Å². The number of ether oxygens (including phenoxy) is 4. The molecule has 3 atom stereocenters. The van der Waals surface area contributed by atoms with Gasteiger partial charge in [-0.25, -0.2) is 18.2 Å². The number of amides is 8. The molecule has 0 aromatic heterocycles. The number of phenolic OH excluding ortho intramolecular Hbond substituents is 2. The van der Waals surface area contributed by atoms with Crippen LogP contribution in [0.5, 0.6) is 57.5 Å². The van der Waals surface area contributed by atoms with Gasteiger partial charge in [-0.3, -0.25) is 48.2 Å². The fourth-order valence-corrected chi connectivity index (χ4v) is 14.1. The molecule has 2 N–H and O–H groups in total. The largest absolute Gasteiger partial charge is 0.508 e. The number of aromatic hydroxyl groups is 2. The van der Waals surface area contributed by atoms with Gasteiger partial charge in [0.15, 0.2) is 0 Å². The second-order valence-electron chi connectivity index (χ2n) is 25.4. The summed E-state index contributed by atoms with van der Waals surface area (Å²) in [5.41, 5.74) is 0.268. The SMILES string of the molecule is CCC(C)N1C(=O)c2ccc(Oc3ccc4c(c3)C(=O)N(c3cccc(Oc5cccc(Oc6cccc(C(C)C(C)(CC)N7C(=O)c8ccc(Oc9ccc%10c(c9)C(=O)N(c9cc(S(=O)(=O)c%11ccc(O)c(C(C)(C)CC)c%11)ccc9O)C%10=O)cc8C7=O)c6)c5)c3)C4=O)cc2C1=O. The van der Waals surface area contributed by atoms with Crippen LogP contribution in [0.25, 0.3) is 0 Å². The van der Waals surface area contributed by atoms with Crippen LogP contribution in [0.2, 0.25) is 0 Å². The van der Waals surface area contributed by atoms with Crippen molar-refractivity contribution in [3.8, 4) is 57.5 Å². The summed E-state index contributed by atoms with van der Waals surface area (Å²) in [5, 5.41) is 21.7. The molecule has 4 aliphatic heterocycles. The highest BCUT2D eigenvalue weighted by Crippen LogP contribution is 2.46. The number of carbonyl (C=O) groups excluding carboxylic acids is 8. The van der Waals surface area contributed by atoms with Gasteiger partial charge in [-0.05, 0) is 190 Å². The Morgan fingerprint density at radius 1 is 0.408 bits per heavy atom. The van der Waals surface area contributed by atoms with E-state index in [0.29, 0.717) is 52.7 Å². The first-order valence-corrected chi connectivity index (χ1v) is 33.3. The number of imide groups is 4. The second kappa shape index (κ2) is 24.5. The van der Waals surface area contributed by atoms with Gasteiger partial charge in [0.05, 0.1) is 71.2 Å². The Hall–Kier alpha value is -11.7. The molecule has 9 aromatic carbocycles. The molecular weight excluding hydrogens is 1270 g/mol. The predicted molar refractivity (Wildman–Crippen MR) is 361 cm³/mol. The van der Waals surface area contributed by atoms with Crippen LogP contribution in [0.4, 0.5) is 11.4 Å². The molecule has 0 radical (unpaired) electrons. The van der Waals surface area contributed by atoms with E-state index in [0.717, 1.165) is 28.7 Å². The van der Waals surface area contributed by atoms with Crippen molar-refractivity contribution in [2.75, 3.05) is 9.80 Å². The quantitative estimate of drug-likeness (QED) is 0.0672. The first kappa shape index (κ1) is 65.0. The Morgan fingerprint density at radius 3 is 1.36 bits per heavy atom. The Balaban J connectivity index is 0.660. The van der Waals surface area contributed by atoms with Gasteiger partial charge >= 0.3 is 0 Å². The molecule has 4 heterocycles. The Morgan fingerprint density at radius 2 is 0.816 bits per heavy atom. The van der Waals surface area contributed by atoms with Crippen molar-refractivity contribution >= 4 is 68.5 Å². The zero-order valence-corrected chi connectivity index (χ0v) is 55.2. The maximum Gasteiger partial charge on any atom is 0.266 e. The number of fused-ring (bicyclic) bond motifs is 4. The smallest absolute Gasteiger partial charge is 0.266 e. The first-order chi connectivity index (χ1) is 46.7. The van der Waals surface area contributed by atoms with Gasteiger partial charge in [0, 0.05) is 29.7 Å². The molecule has 21 heteroatoms. The van der Waals surface area contributed by atoms with Gasteiger partial charge in [-0.15, -0.1) is 0 Å². The lowest BCUT2D eigenvalue weighted by molar-refractivity contribution is 0.0393. The second-order valence-corrected chi connectivity index (χ2v) is 27.3. The summed E-state index contributed by atoms with van der Waals surface area (Å²) < 4.78 is 53.0.